The van der Waals surface area contributed by atoms with Crippen molar-refractivity contribution in [2.45, 2.75) is 26.8 Å². The molecule has 0 spiro atoms. The molecule has 0 bridgehead atoms. The molecule has 4 heteroatoms. The van der Waals surface area contributed by atoms with Crippen LogP contribution >= 0.6 is 11.6 Å². The fourth-order valence-corrected chi connectivity index (χ4v) is 2.07. The predicted octanol–water partition coefficient (Wildman–Crippen LogP) is 4.05. The van der Waals surface area contributed by atoms with Gasteiger partial charge in [0.1, 0.15) is 6.61 Å². The zero-order chi connectivity index (χ0) is 15.0. The average molecular weight is 298 g/mol. The molecule has 20 heavy (non-hydrogen) atoms. The van der Waals surface area contributed by atoms with E-state index in [4.69, 9.17) is 21.1 Å². The Morgan fingerprint density at radius 3 is 2.75 bits per heavy atom. The second-order valence-electron chi connectivity index (χ2n) is 5.07. The first kappa shape index (κ1) is 16.9. The molecule has 0 aliphatic carbocycles. The smallest absolute Gasteiger partial charge is 0.180 e. The number of hydrogen-bond acceptors (Lipinski definition) is 3. The molecule has 0 atom stereocenters. The van der Waals surface area contributed by atoms with E-state index in [1.54, 1.807) is 13.2 Å². The lowest BCUT2D eigenvalue weighted by atomic mass is 10.1. The van der Waals surface area contributed by atoms with Crippen LogP contribution in [0.25, 0.3) is 0 Å². The van der Waals surface area contributed by atoms with Crippen LogP contribution in [-0.2, 0) is 6.54 Å². The fourth-order valence-electron chi connectivity index (χ4n) is 1.78. The third-order valence-electron chi connectivity index (χ3n) is 2.86. The van der Waals surface area contributed by atoms with Crippen LogP contribution in [0, 0.1) is 5.92 Å². The third-order valence-corrected chi connectivity index (χ3v) is 3.14. The summed E-state index contributed by atoms with van der Waals surface area (Å²) >= 11 is 6.25. The van der Waals surface area contributed by atoms with E-state index in [0.29, 0.717) is 29.0 Å². The first-order valence-electron chi connectivity index (χ1n) is 6.89. The van der Waals surface area contributed by atoms with Crippen LogP contribution in [0.5, 0.6) is 11.5 Å². The van der Waals surface area contributed by atoms with Gasteiger partial charge in [0.05, 0.1) is 12.1 Å². The van der Waals surface area contributed by atoms with Crippen molar-refractivity contribution < 1.29 is 9.47 Å². The minimum absolute atomic E-state index is 0.405. The summed E-state index contributed by atoms with van der Waals surface area (Å²) in [5.41, 5.74) is 1.08. The summed E-state index contributed by atoms with van der Waals surface area (Å²) in [4.78, 5) is 0. The normalized spacial score (nSPS) is 10.7. The molecule has 0 saturated carbocycles. The van der Waals surface area contributed by atoms with E-state index in [-0.39, 0.29) is 0 Å². The van der Waals surface area contributed by atoms with Crippen molar-refractivity contribution in [1.29, 1.82) is 0 Å². The number of benzene rings is 1. The van der Waals surface area contributed by atoms with Gasteiger partial charge >= 0.3 is 0 Å². The van der Waals surface area contributed by atoms with Crippen LogP contribution in [-0.4, -0.2) is 20.3 Å². The van der Waals surface area contributed by atoms with Crippen LogP contribution in [0.2, 0.25) is 5.02 Å². The summed E-state index contributed by atoms with van der Waals surface area (Å²) in [5, 5.41) is 3.96. The molecule has 1 aromatic rings. The fraction of sp³-hybridized carbons (Fsp3) is 0.500. The number of rotatable bonds is 9. The largest absolute Gasteiger partial charge is 0.493 e. The highest BCUT2D eigenvalue weighted by Crippen LogP contribution is 2.36. The Hall–Kier alpha value is -1.19. The Morgan fingerprint density at radius 2 is 2.15 bits per heavy atom. The lowest BCUT2D eigenvalue weighted by Gasteiger charge is -2.14. The number of methoxy groups -OCH3 is 1. The van der Waals surface area contributed by atoms with E-state index >= 15 is 0 Å². The van der Waals surface area contributed by atoms with E-state index in [0.717, 1.165) is 25.1 Å². The van der Waals surface area contributed by atoms with Crippen LogP contribution < -0.4 is 14.8 Å². The highest BCUT2D eigenvalue weighted by molar-refractivity contribution is 6.32. The lowest BCUT2D eigenvalue weighted by molar-refractivity contribution is 0.326. The van der Waals surface area contributed by atoms with Gasteiger partial charge in [-0.2, -0.15) is 0 Å². The molecule has 1 rings (SSSR count). The molecule has 0 heterocycles. The molecular formula is C16H24ClNO2. The maximum Gasteiger partial charge on any atom is 0.180 e. The van der Waals surface area contributed by atoms with Crippen LogP contribution in [0.1, 0.15) is 25.8 Å². The summed E-state index contributed by atoms with van der Waals surface area (Å²) < 4.78 is 10.9. The Morgan fingerprint density at radius 1 is 1.40 bits per heavy atom. The quantitative estimate of drug-likeness (QED) is 0.551. The molecule has 112 valence electrons. The molecule has 0 radical (unpaired) electrons. The number of hydrogen-bond donors (Lipinski definition) is 1. The van der Waals surface area contributed by atoms with Gasteiger partial charge in [-0.15, -0.1) is 0 Å². The van der Waals surface area contributed by atoms with E-state index in [1.165, 1.54) is 0 Å². The topological polar surface area (TPSA) is 30.5 Å². The Kier molecular flexibility index (Phi) is 7.48. The zero-order valence-corrected chi connectivity index (χ0v) is 13.3. The number of ether oxygens (including phenoxy) is 2. The van der Waals surface area contributed by atoms with Crippen LogP contribution in [0.3, 0.4) is 0 Å². The maximum atomic E-state index is 6.25. The van der Waals surface area contributed by atoms with E-state index in [2.05, 4.69) is 25.7 Å². The van der Waals surface area contributed by atoms with Crippen molar-refractivity contribution in [2.24, 2.45) is 5.92 Å². The number of halogens is 1. The monoisotopic (exact) mass is 297 g/mol. The molecular weight excluding hydrogens is 274 g/mol. The molecule has 0 aromatic heterocycles. The SMILES string of the molecule is C=CCOc1c(Cl)cc(CNCCC(C)C)cc1OC. The van der Waals surface area contributed by atoms with E-state index in [1.807, 2.05) is 12.1 Å². The lowest BCUT2D eigenvalue weighted by Crippen LogP contribution is -2.16. The zero-order valence-electron chi connectivity index (χ0n) is 12.5. The molecule has 3 nitrogen and oxygen atoms in total. The van der Waals surface area contributed by atoms with Crippen molar-refractivity contribution in [3.8, 4) is 11.5 Å². The minimum atomic E-state index is 0.405. The molecule has 0 aliphatic heterocycles. The summed E-state index contributed by atoms with van der Waals surface area (Å²) in [6.07, 6.45) is 2.84. The predicted molar refractivity (Wildman–Crippen MR) is 84.9 cm³/mol. The second kappa shape index (κ2) is 8.88. The Balaban J connectivity index is 2.69. The van der Waals surface area contributed by atoms with Gasteiger partial charge in [-0.1, -0.05) is 38.1 Å². The molecule has 0 aliphatic rings. The Bertz CT molecular complexity index is 433. The van der Waals surface area contributed by atoms with Gasteiger partial charge in [0.25, 0.3) is 0 Å². The molecule has 1 aromatic carbocycles. The first-order chi connectivity index (χ1) is 9.58. The molecule has 0 amide bonds. The van der Waals surface area contributed by atoms with Crippen molar-refractivity contribution in [1.82, 2.24) is 5.32 Å². The van der Waals surface area contributed by atoms with Gasteiger partial charge in [0.15, 0.2) is 11.5 Å². The summed E-state index contributed by atoms with van der Waals surface area (Å²) in [6, 6.07) is 3.86. The first-order valence-corrected chi connectivity index (χ1v) is 7.27. The minimum Gasteiger partial charge on any atom is -0.493 e. The van der Waals surface area contributed by atoms with E-state index < -0.39 is 0 Å². The van der Waals surface area contributed by atoms with Gasteiger partial charge in [-0.3, -0.25) is 0 Å². The second-order valence-corrected chi connectivity index (χ2v) is 5.48. The summed E-state index contributed by atoms with van der Waals surface area (Å²) in [6.45, 7) is 10.2. The number of nitrogens with one attached hydrogen (secondary N) is 1. The summed E-state index contributed by atoms with van der Waals surface area (Å²) in [5.74, 6) is 1.93. The third kappa shape index (κ3) is 5.43. The highest BCUT2D eigenvalue weighted by atomic mass is 35.5. The van der Waals surface area contributed by atoms with Crippen molar-refractivity contribution >= 4 is 11.6 Å². The summed E-state index contributed by atoms with van der Waals surface area (Å²) in [7, 11) is 1.61. The van der Waals surface area contributed by atoms with Crippen LogP contribution in [0.4, 0.5) is 0 Å². The molecule has 1 N–H and O–H groups in total. The average Bonchev–Trinajstić information content (AvgIpc) is 2.41. The van der Waals surface area contributed by atoms with Gasteiger partial charge < -0.3 is 14.8 Å². The van der Waals surface area contributed by atoms with Crippen LogP contribution in [0.15, 0.2) is 24.8 Å². The highest BCUT2D eigenvalue weighted by Gasteiger charge is 2.11. The van der Waals surface area contributed by atoms with Crippen molar-refractivity contribution in [3.63, 3.8) is 0 Å². The van der Waals surface area contributed by atoms with Crippen molar-refractivity contribution in [3.05, 3.63) is 35.4 Å². The van der Waals surface area contributed by atoms with Gasteiger partial charge in [-0.25, -0.2) is 0 Å². The molecule has 0 unspecified atom stereocenters. The molecule has 0 fully saturated rings. The van der Waals surface area contributed by atoms with Gasteiger partial charge in [0.2, 0.25) is 0 Å². The standard InChI is InChI=1S/C16H24ClNO2/c1-5-8-20-16-14(17)9-13(10-15(16)19-4)11-18-7-6-12(2)3/h5,9-10,12,18H,1,6-8,11H2,2-4H3. The van der Waals surface area contributed by atoms with E-state index in [9.17, 15) is 0 Å². The van der Waals surface area contributed by atoms with Gasteiger partial charge in [0, 0.05) is 6.54 Å². The van der Waals surface area contributed by atoms with Crippen molar-refractivity contribution in [2.75, 3.05) is 20.3 Å². The Labute approximate surface area is 126 Å². The molecule has 0 saturated heterocycles. The maximum absolute atomic E-state index is 6.25. The van der Waals surface area contributed by atoms with Gasteiger partial charge in [-0.05, 0) is 36.6 Å².